The lowest BCUT2D eigenvalue weighted by Gasteiger charge is -2.13. The second-order valence-corrected chi connectivity index (χ2v) is 5.13. The maximum atomic E-state index is 11.5. The molecule has 0 radical (unpaired) electrons. The van der Waals surface area contributed by atoms with E-state index >= 15 is 0 Å². The molecular weight excluding hydrogens is 248 g/mol. The van der Waals surface area contributed by atoms with E-state index in [2.05, 4.69) is 6.07 Å². The fourth-order valence-corrected chi connectivity index (χ4v) is 2.50. The predicted octanol–water partition coefficient (Wildman–Crippen LogP) is 1.79. The highest BCUT2D eigenvalue weighted by atomic mass is 32.2. The van der Waals surface area contributed by atoms with Crippen molar-refractivity contribution < 1.29 is 9.90 Å². The van der Waals surface area contributed by atoms with E-state index in [0.29, 0.717) is 11.3 Å². The lowest BCUT2D eigenvalue weighted by Crippen LogP contribution is -2.23. The van der Waals surface area contributed by atoms with Crippen LogP contribution < -0.4 is 0 Å². The summed E-state index contributed by atoms with van der Waals surface area (Å²) in [4.78, 5) is 13.8. The number of hydrogen-bond acceptors (Lipinski definition) is 4. The summed E-state index contributed by atoms with van der Waals surface area (Å²) >= 11 is 1.34. The van der Waals surface area contributed by atoms with Gasteiger partial charge in [-0.1, -0.05) is 6.07 Å². The van der Waals surface area contributed by atoms with Gasteiger partial charge in [-0.05, 0) is 24.6 Å². The largest absolute Gasteiger partial charge is 0.389 e. The van der Waals surface area contributed by atoms with Crippen LogP contribution in [-0.4, -0.2) is 35.8 Å². The van der Waals surface area contributed by atoms with Crippen LogP contribution in [0.15, 0.2) is 23.1 Å². The summed E-state index contributed by atoms with van der Waals surface area (Å²) < 4.78 is 0. The first-order valence-electron chi connectivity index (χ1n) is 5.50. The zero-order chi connectivity index (χ0) is 13.7. The van der Waals surface area contributed by atoms with Crippen molar-refractivity contribution in [1.82, 2.24) is 4.90 Å². The van der Waals surface area contributed by atoms with E-state index in [4.69, 9.17) is 5.26 Å². The molecule has 0 unspecified atom stereocenters. The first kappa shape index (κ1) is 14.6. The molecule has 1 aromatic carbocycles. The summed E-state index contributed by atoms with van der Waals surface area (Å²) in [6.45, 7) is 1.67. The second kappa shape index (κ2) is 6.43. The molecule has 0 saturated heterocycles. The van der Waals surface area contributed by atoms with Crippen LogP contribution in [0.3, 0.4) is 0 Å². The minimum atomic E-state index is -0.616. The number of nitriles is 1. The molecule has 1 amide bonds. The molecular formula is C13H16N2O2S. The van der Waals surface area contributed by atoms with Crippen molar-refractivity contribution >= 4 is 17.7 Å². The molecule has 4 nitrogen and oxygen atoms in total. The molecule has 0 bridgehead atoms. The van der Waals surface area contributed by atoms with E-state index in [1.54, 1.807) is 39.2 Å². The summed E-state index contributed by atoms with van der Waals surface area (Å²) in [5.74, 6) is 0.292. The smallest absolute Gasteiger partial charge is 0.232 e. The molecule has 96 valence electrons. The molecule has 0 saturated carbocycles. The second-order valence-electron chi connectivity index (χ2n) is 4.12. The number of thioether (sulfide) groups is 1. The van der Waals surface area contributed by atoms with Gasteiger partial charge in [-0.3, -0.25) is 4.79 Å². The number of rotatable bonds is 4. The van der Waals surface area contributed by atoms with Crippen LogP contribution in [0, 0.1) is 11.3 Å². The molecule has 0 aromatic heterocycles. The molecule has 0 fully saturated rings. The first-order chi connectivity index (χ1) is 8.45. The number of hydrogen-bond donors (Lipinski definition) is 1. The van der Waals surface area contributed by atoms with Gasteiger partial charge in [0.15, 0.2) is 0 Å². The Morgan fingerprint density at radius 1 is 1.56 bits per heavy atom. The Balaban J connectivity index is 2.92. The molecule has 1 rings (SSSR count). The Bertz CT molecular complexity index is 478. The van der Waals surface area contributed by atoms with Crippen molar-refractivity contribution in [3.8, 4) is 6.07 Å². The number of benzene rings is 1. The fraction of sp³-hybridized carbons (Fsp3) is 0.385. The van der Waals surface area contributed by atoms with Crippen molar-refractivity contribution in [3.63, 3.8) is 0 Å². The van der Waals surface area contributed by atoms with Gasteiger partial charge in [0, 0.05) is 19.0 Å². The average Bonchev–Trinajstić information content (AvgIpc) is 2.34. The zero-order valence-corrected chi connectivity index (χ0v) is 11.5. The maximum absolute atomic E-state index is 11.5. The van der Waals surface area contributed by atoms with Crippen molar-refractivity contribution in [2.24, 2.45) is 0 Å². The van der Waals surface area contributed by atoms with Crippen LogP contribution in [0.5, 0.6) is 0 Å². The van der Waals surface area contributed by atoms with E-state index in [-0.39, 0.29) is 5.91 Å². The average molecular weight is 264 g/mol. The van der Waals surface area contributed by atoms with Gasteiger partial charge in [0.1, 0.15) is 0 Å². The third-order valence-corrected chi connectivity index (χ3v) is 3.50. The summed E-state index contributed by atoms with van der Waals surface area (Å²) in [5.41, 5.74) is 1.27. The van der Waals surface area contributed by atoms with Gasteiger partial charge >= 0.3 is 0 Å². The molecule has 0 spiro atoms. The Kier molecular flexibility index (Phi) is 5.20. The molecule has 18 heavy (non-hydrogen) atoms. The quantitative estimate of drug-likeness (QED) is 0.842. The Hall–Kier alpha value is -1.51. The lowest BCUT2D eigenvalue weighted by atomic mass is 10.1. The predicted molar refractivity (Wildman–Crippen MR) is 71.2 cm³/mol. The number of carbonyl (C=O) groups is 1. The lowest BCUT2D eigenvalue weighted by molar-refractivity contribution is -0.125. The summed E-state index contributed by atoms with van der Waals surface area (Å²) in [6, 6.07) is 7.15. The number of amides is 1. The van der Waals surface area contributed by atoms with Crippen LogP contribution in [0.2, 0.25) is 0 Å². The van der Waals surface area contributed by atoms with Crippen molar-refractivity contribution in [2.45, 2.75) is 17.9 Å². The highest BCUT2D eigenvalue weighted by Gasteiger charge is 2.12. The minimum absolute atomic E-state index is 0.00102. The van der Waals surface area contributed by atoms with Gasteiger partial charge < -0.3 is 10.0 Å². The third-order valence-electron chi connectivity index (χ3n) is 2.44. The first-order valence-corrected chi connectivity index (χ1v) is 6.49. The van der Waals surface area contributed by atoms with Gasteiger partial charge in [0.25, 0.3) is 0 Å². The number of aliphatic hydroxyl groups excluding tert-OH is 1. The topological polar surface area (TPSA) is 64.3 Å². The standard InChI is InChI=1S/C13H16N2O2S/c1-9(16)11-5-4-10(7-14)6-12(11)18-8-13(17)15(2)3/h4-6,9,16H,8H2,1-3H3/t9-/m0/s1. The normalized spacial score (nSPS) is 11.7. The third kappa shape index (κ3) is 3.76. The van der Waals surface area contributed by atoms with E-state index < -0.39 is 6.10 Å². The van der Waals surface area contributed by atoms with Crippen LogP contribution in [0.4, 0.5) is 0 Å². The fourth-order valence-electron chi connectivity index (χ4n) is 1.34. The van der Waals surface area contributed by atoms with Gasteiger partial charge in [-0.2, -0.15) is 5.26 Å². The molecule has 0 aliphatic carbocycles. The van der Waals surface area contributed by atoms with E-state index in [9.17, 15) is 9.90 Å². The number of aliphatic hydroxyl groups is 1. The minimum Gasteiger partial charge on any atom is -0.389 e. The Morgan fingerprint density at radius 3 is 2.72 bits per heavy atom. The molecule has 0 aliphatic rings. The van der Waals surface area contributed by atoms with Gasteiger partial charge in [-0.25, -0.2) is 0 Å². The molecule has 0 heterocycles. The van der Waals surface area contributed by atoms with Gasteiger partial charge in [0.05, 0.1) is 23.5 Å². The summed E-state index contributed by atoms with van der Waals surface area (Å²) in [5, 5.41) is 18.5. The summed E-state index contributed by atoms with van der Waals surface area (Å²) in [7, 11) is 3.40. The molecule has 1 N–H and O–H groups in total. The van der Waals surface area contributed by atoms with Crippen molar-refractivity contribution in [1.29, 1.82) is 5.26 Å². The molecule has 0 aliphatic heterocycles. The van der Waals surface area contributed by atoms with Gasteiger partial charge in [0.2, 0.25) is 5.91 Å². The number of carbonyl (C=O) groups excluding carboxylic acids is 1. The van der Waals surface area contributed by atoms with E-state index in [0.717, 1.165) is 10.5 Å². The number of nitrogens with zero attached hydrogens (tertiary/aromatic N) is 2. The monoisotopic (exact) mass is 264 g/mol. The van der Waals surface area contributed by atoms with Crippen LogP contribution in [0.1, 0.15) is 24.2 Å². The summed E-state index contributed by atoms with van der Waals surface area (Å²) in [6.07, 6.45) is -0.616. The zero-order valence-electron chi connectivity index (χ0n) is 10.7. The van der Waals surface area contributed by atoms with Crippen molar-refractivity contribution in [2.75, 3.05) is 19.8 Å². The highest BCUT2D eigenvalue weighted by Crippen LogP contribution is 2.28. The molecule has 1 atom stereocenters. The maximum Gasteiger partial charge on any atom is 0.232 e. The Morgan fingerprint density at radius 2 is 2.22 bits per heavy atom. The molecule has 1 aromatic rings. The highest BCUT2D eigenvalue weighted by molar-refractivity contribution is 8.00. The van der Waals surface area contributed by atoms with Crippen molar-refractivity contribution in [3.05, 3.63) is 29.3 Å². The van der Waals surface area contributed by atoms with Crippen LogP contribution in [-0.2, 0) is 4.79 Å². The van der Waals surface area contributed by atoms with E-state index in [1.165, 1.54) is 16.7 Å². The van der Waals surface area contributed by atoms with E-state index in [1.807, 2.05) is 0 Å². The van der Waals surface area contributed by atoms with Gasteiger partial charge in [-0.15, -0.1) is 11.8 Å². The molecule has 5 heteroatoms. The van der Waals surface area contributed by atoms with Crippen LogP contribution >= 0.6 is 11.8 Å². The Labute approximate surface area is 111 Å². The van der Waals surface area contributed by atoms with Crippen LogP contribution in [0.25, 0.3) is 0 Å². The SMILES string of the molecule is C[C@H](O)c1ccc(C#N)cc1SCC(=O)N(C)C.